The number of rotatable bonds is 27. The van der Waals surface area contributed by atoms with E-state index in [1.807, 2.05) is 20.8 Å². The van der Waals surface area contributed by atoms with Crippen molar-refractivity contribution in [2.75, 3.05) is 126 Å². The van der Waals surface area contributed by atoms with Crippen molar-refractivity contribution in [3.8, 4) is 0 Å². The number of hydrogen-bond acceptors (Lipinski definition) is 11. The van der Waals surface area contributed by atoms with Crippen LogP contribution in [0, 0.1) is 0 Å². The number of likely N-dealkylation sites (N-methyl/N-ethyl adjacent to an activating group) is 1. The van der Waals surface area contributed by atoms with Crippen LogP contribution in [0.1, 0.15) is 27.2 Å². The Bertz CT molecular complexity index is 577. The van der Waals surface area contributed by atoms with Gasteiger partial charge in [-0.05, 0) is 20.8 Å². The molecule has 1 N–H and O–H groups in total. The van der Waals surface area contributed by atoms with Gasteiger partial charge in [-0.2, -0.15) is 0 Å². The minimum Gasteiger partial charge on any atom is -0.444 e. The molecule has 2 amide bonds. The molecule has 13 heteroatoms. The highest BCUT2D eigenvalue weighted by atomic mass is 16.6. The quantitative estimate of drug-likeness (QED) is 0.143. The Kier molecular flexibility index (Phi) is 25.6. The number of methoxy groups -OCH3 is 1. The molecule has 0 aromatic heterocycles. The van der Waals surface area contributed by atoms with Crippen molar-refractivity contribution in [1.82, 2.24) is 10.2 Å². The normalized spacial score (nSPS) is 11.5. The maximum absolute atomic E-state index is 11.8. The fourth-order valence-corrected chi connectivity index (χ4v) is 2.66. The maximum Gasteiger partial charge on any atom is 0.407 e. The Morgan fingerprint density at radius 1 is 0.615 bits per heavy atom. The highest BCUT2D eigenvalue weighted by Crippen LogP contribution is 2.06. The molecule has 0 fully saturated rings. The molecule has 0 aliphatic carbocycles. The smallest absolute Gasteiger partial charge is 0.407 e. The predicted molar refractivity (Wildman–Crippen MR) is 144 cm³/mol. The molecule has 0 spiro atoms. The van der Waals surface area contributed by atoms with Gasteiger partial charge >= 0.3 is 6.09 Å². The van der Waals surface area contributed by atoms with Crippen molar-refractivity contribution in [3.63, 3.8) is 0 Å². The fraction of sp³-hybridized carbons (Fsp3) is 0.923. The lowest BCUT2D eigenvalue weighted by atomic mass is 10.2. The SMILES string of the molecule is COCCN(C)C(=O)CCOCCOCCOCCOCCOCCOCCOCCNC(=O)OC(C)(C)C. The summed E-state index contributed by atoms with van der Waals surface area (Å²) < 4.78 is 48.0. The van der Waals surface area contributed by atoms with E-state index >= 15 is 0 Å². The monoisotopic (exact) mass is 568 g/mol. The summed E-state index contributed by atoms with van der Waals surface area (Å²) in [5.74, 6) is 0.0330. The lowest BCUT2D eigenvalue weighted by Gasteiger charge is -2.19. The number of alkyl carbamates (subject to hydrolysis) is 1. The van der Waals surface area contributed by atoms with Crippen molar-refractivity contribution in [3.05, 3.63) is 0 Å². The zero-order chi connectivity index (χ0) is 29.0. The minimum absolute atomic E-state index is 0.0330. The first-order valence-electron chi connectivity index (χ1n) is 13.5. The van der Waals surface area contributed by atoms with Crippen LogP contribution in [0.4, 0.5) is 4.79 Å². The number of amides is 2. The third-order valence-corrected chi connectivity index (χ3v) is 4.66. The Balaban J connectivity index is 3.19. The standard InChI is InChI=1S/C26H52N2O11/c1-26(2,3)39-25(30)27-7-10-33-13-15-35-17-19-37-21-23-38-22-20-36-18-16-34-14-12-32-9-6-24(29)28(4)8-11-31-5/h6-23H2,1-5H3,(H,27,30). The largest absolute Gasteiger partial charge is 0.444 e. The van der Waals surface area contributed by atoms with Crippen molar-refractivity contribution in [2.45, 2.75) is 32.8 Å². The summed E-state index contributed by atoms with van der Waals surface area (Å²) in [6.07, 6.45) is -0.110. The van der Waals surface area contributed by atoms with Crippen molar-refractivity contribution in [2.24, 2.45) is 0 Å². The number of nitrogens with one attached hydrogen (secondary N) is 1. The molecular formula is C26H52N2O11. The number of carbonyl (C=O) groups excluding carboxylic acids is 2. The number of nitrogens with zero attached hydrogens (tertiary/aromatic N) is 1. The van der Waals surface area contributed by atoms with Gasteiger partial charge in [-0.1, -0.05) is 0 Å². The molecule has 0 atom stereocenters. The van der Waals surface area contributed by atoms with Crippen LogP contribution in [0.2, 0.25) is 0 Å². The fourth-order valence-electron chi connectivity index (χ4n) is 2.66. The second kappa shape index (κ2) is 26.6. The molecule has 0 rings (SSSR count). The molecule has 0 aliphatic heterocycles. The van der Waals surface area contributed by atoms with Gasteiger partial charge in [-0.15, -0.1) is 0 Å². The summed E-state index contributed by atoms with van der Waals surface area (Å²) in [5.41, 5.74) is -0.511. The molecule has 0 radical (unpaired) electrons. The lowest BCUT2D eigenvalue weighted by molar-refractivity contribution is -0.131. The molecular weight excluding hydrogens is 516 g/mol. The Morgan fingerprint density at radius 2 is 1.00 bits per heavy atom. The number of ether oxygens (including phenoxy) is 9. The van der Waals surface area contributed by atoms with Gasteiger partial charge < -0.3 is 52.8 Å². The Morgan fingerprint density at radius 3 is 1.38 bits per heavy atom. The lowest BCUT2D eigenvalue weighted by Crippen LogP contribution is -2.34. The van der Waals surface area contributed by atoms with E-state index in [0.717, 1.165) is 0 Å². The van der Waals surface area contributed by atoms with E-state index < -0.39 is 11.7 Å². The molecule has 0 unspecified atom stereocenters. The van der Waals surface area contributed by atoms with Crippen LogP contribution in [-0.4, -0.2) is 149 Å². The molecule has 0 bridgehead atoms. The number of carbonyl (C=O) groups is 2. The van der Waals surface area contributed by atoms with E-state index in [9.17, 15) is 9.59 Å². The van der Waals surface area contributed by atoms with Gasteiger partial charge in [-0.25, -0.2) is 4.79 Å². The summed E-state index contributed by atoms with van der Waals surface area (Å²) in [7, 11) is 3.36. The second-order valence-electron chi connectivity index (χ2n) is 9.27. The summed E-state index contributed by atoms with van der Waals surface area (Å²) in [6, 6.07) is 0. The zero-order valence-electron chi connectivity index (χ0n) is 24.7. The zero-order valence-corrected chi connectivity index (χ0v) is 24.7. The summed E-state index contributed by atoms with van der Waals surface area (Å²) in [6.45, 7) is 13.3. The van der Waals surface area contributed by atoms with E-state index in [1.165, 1.54) is 0 Å². The van der Waals surface area contributed by atoms with Crippen molar-refractivity contribution in [1.29, 1.82) is 0 Å². The average molecular weight is 569 g/mol. The van der Waals surface area contributed by atoms with E-state index in [1.54, 1.807) is 19.1 Å². The third kappa shape index (κ3) is 29.2. The maximum atomic E-state index is 11.8. The highest BCUT2D eigenvalue weighted by Gasteiger charge is 2.15. The van der Waals surface area contributed by atoms with E-state index in [4.69, 9.17) is 42.6 Å². The Labute approximate surface area is 234 Å². The molecule has 232 valence electrons. The van der Waals surface area contributed by atoms with Crippen molar-refractivity contribution < 1.29 is 52.2 Å². The van der Waals surface area contributed by atoms with E-state index in [2.05, 4.69) is 5.32 Å². The molecule has 0 saturated heterocycles. The topological polar surface area (TPSA) is 132 Å². The third-order valence-electron chi connectivity index (χ3n) is 4.66. The van der Waals surface area contributed by atoms with Gasteiger partial charge in [0, 0.05) is 27.2 Å². The predicted octanol–water partition coefficient (Wildman–Crippen LogP) is 1.12. The summed E-state index contributed by atoms with van der Waals surface area (Å²) in [5, 5.41) is 2.62. The van der Waals surface area contributed by atoms with Crippen LogP contribution in [-0.2, 0) is 47.4 Å². The van der Waals surface area contributed by atoms with Gasteiger partial charge in [0.1, 0.15) is 5.60 Å². The summed E-state index contributed by atoms with van der Waals surface area (Å²) in [4.78, 5) is 24.9. The molecule has 13 nitrogen and oxygen atoms in total. The first-order valence-corrected chi connectivity index (χ1v) is 13.5. The van der Waals surface area contributed by atoms with E-state index in [-0.39, 0.29) is 5.91 Å². The second-order valence-corrected chi connectivity index (χ2v) is 9.27. The first-order chi connectivity index (χ1) is 18.8. The molecule has 0 heterocycles. The van der Waals surface area contributed by atoms with Crippen LogP contribution in [0.3, 0.4) is 0 Å². The van der Waals surface area contributed by atoms with E-state index in [0.29, 0.717) is 119 Å². The summed E-state index contributed by atoms with van der Waals surface area (Å²) >= 11 is 0. The van der Waals surface area contributed by atoms with Crippen LogP contribution in [0.5, 0.6) is 0 Å². The Hall–Kier alpha value is -1.58. The first kappa shape index (κ1) is 37.4. The molecule has 0 saturated carbocycles. The van der Waals surface area contributed by atoms with Gasteiger partial charge in [0.05, 0.1) is 106 Å². The van der Waals surface area contributed by atoms with Gasteiger partial charge in [0.15, 0.2) is 0 Å². The van der Waals surface area contributed by atoms with Crippen LogP contribution in [0.25, 0.3) is 0 Å². The average Bonchev–Trinajstić information content (AvgIpc) is 2.88. The van der Waals surface area contributed by atoms with Crippen molar-refractivity contribution >= 4 is 12.0 Å². The molecule has 39 heavy (non-hydrogen) atoms. The minimum atomic E-state index is -0.511. The molecule has 0 aliphatic rings. The van der Waals surface area contributed by atoms with Crippen LogP contribution < -0.4 is 5.32 Å². The van der Waals surface area contributed by atoms with Gasteiger partial charge in [0.25, 0.3) is 0 Å². The molecule has 0 aromatic carbocycles. The van der Waals surface area contributed by atoms with Crippen LogP contribution >= 0.6 is 0 Å². The van der Waals surface area contributed by atoms with Crippen LogP contribution in [0.15, 0.2) is 0 Å². The van der Waals surface area contributed by atoms with Gasteiger partial charge in [0.2, 0.25) is 5.91 Å². The van der Waals surface area contributed by atoms with Gasteiger partial charge in [-0.3, -0.25) is 4.79 Å². The number of hydrogen-bond donors (Lipinski definition) is 1. The highest BCUT2D eigenvalue weighted by molar-refractivity contribution is 5.75. The molecule has 0 aromatic rings.